The maximum Gasteiger partial charge on any atom is 0.270 e. The minimum atomic E-state index is -0.750. The molecule has 1 unspecified atom stereocenters. The van der Waals surface area contributed by atoms with Crippen molar-refractivity contribution >= 4 is 11.6 Å². The number of hydrogen-bond donors (Lipinski definition) is 1. The van der Waals surface area contributed by atoms with E-state index in [1.807, 2.05) is 38.2 Å². The van der Waals surface area contributed by atoms with Crippen molar-refractivity contribution in [3.8, 4) is 5.75 Å². The lowest BCUT2D eigenvalue weighted by Crippen LogP contribution is -2.31. The number of rotatable bonds is 5. The summed E-state index contributed by atoms with van der Waals surface area (Å²) in [4.78, 5) is 12.5. The van der Waals surface area contributed by atoms with Gasteiger partial charge in [-0.05, 0) is 19.1 Å². The summed E-state index contributed by atoms with van der Waals surface area (Å²) in [5, 5.41) is 7.26. The quantitative estimate of drug-likeness (QED) is 0.673. The van der Waals surface area contributed by atoms with Gasteiger partial charge in [-0.2, -0.15) is 5.10 Å². The highest BCUT2D eigenvalue weighted by molar-refractivity contribution is 5.98. The van der Waals surface area contributed by atoms with E-state index >= 15 is 0 Å². The number of amides is 1. The maximum atomic E-state index is 12.5. The average molecular weight is 317 g/mol. The molecule has 2 heterocycles. The van der Waals surface area contributed by atoms with Crippen LogP contribution >= 0.6 is 0 Å². The lowest BCUT2D eigenvalue weighted by atomic mass is 10.0. The second-order valence-electron chi connectivity index (χ2n) is 5.31. The van der Waals surface area contributed by atoms with Crippen molar-refractivity contribution in [3.05, 3.63) is 41.2 Å². The summed E-state index contributed by atoms with van der Waals surface area (Å²) in [5.74, 6) is 0.428. The van der Waals surface area contributed by atoms with Gasteiger partial charge in [-0.25, -0.2) is 0 Å². The number of aromatic nitrogens is 2. The number of benzene rings is 1. The summed E-state index contributed by atoms with van der Waals surface area (Å²) >= 11 is 0. The summed E-state index contributed by atoms with van der Waals surface area (Å²) in [5.41, 5.74) is 2.94. The van der Waals surface area contributed by atoms with Gasteiger partial charge in [0, 0.05) is 19.7 Å². The third-order valence-electron chi connectivity index (χ3n) is 3.72. The van der Waals surface area contributed by atoms with Crippen LogP contribution in [0.25, 0.3) is 0 Å². The number of carbonyl (C=O) groups is 1. The van der Waals surface area contributed by atoms with Crippen LogP contribution in [0.2, 0.25) is 0 Å². The zero-order valence-corrected chi connectivity index (χ0v) is 13.3. The number of fused-ring (bicyclic) bond motifs is 1. The molecule has 1 aliphatic rings. The van der Waals surface area contributed by atoms with Crippen molar-refractivity contribution in [1.29, 1.82) is 0 Å². The molecule has 0 spiro atoms. The first kappa shape index (κ1) is 15.5. The summed E-state index contributed by atoms with van der Waals surface area (Å²) in [6, 6.07) is 7.35. The van der Waals surface area contributed by atoms with Gasteiger partial charge in [0.15, 0.2) is 0 Å². The number of ether oxygens (including phenoxy) is 3. The Morgan fingerprint density at radius 3 is 2.96 bits per heavy atom. The molecule has 0 fully saturated rings. The van der Waals surface area contributed by atoms with Crippen molar-refractivity contribution < 1.29 is 19.0 Å². The fourth-order valence-electron chi connectivity index (χ4n) is 2.70. The van der Waals surface area contributed by atoms with Gasteiger partial charge in [0.25, 0.3) is 5.91 Å². The smallest absolute Gasteiger partial charge is 0.270 e. The lowest BCUT2D eigenvalue weighted by molar-refractivity contribution is -0.123. The zero-order chi connectivity index (χ0) is 16.4. The maximum absolute atomic E-state index is 12.5. The van der Waals surface area contributed by atoms with Gasteiger partial charge in [0.2, 0.25) is 6.10 Å². The van der Waals surface area contributed by atoms with Gasteiger partial charge in [-0.3, -0.25) is 9.48 Å². The molecule has 0 bridgehead atoms. The molecule has 122 valence electrons. The van der Waals surface area contributed by atoms with Gasteiger partial charge < -0.3 is 19.5 Å². The molecule has 2 aromatic rings. The number of nitrogens with zero attached hydrogens (tertiary/aromatic N) is 2. The Labute approximate surface area is 134 Å². The molecule has 0 aliphatic carbocycles. The summed E-state index contributed by atoms with van der Waals surface area (Å²) in [6.07, 6.45) is -0.750. The Morgan fingerprint density at radius 2 is 2.17 bits per heavy atom. The van der Waals surface area contributed by atoms with Crippen LogP contribution in [0.5, 0.6) is 5.75 Å². The Hall–Kier alpha value is -2.38. The van der Waals surface area contributed by atoms with Crippen LogP contribution in [-0.2, 0) is 27.9 Å². The first-order valence-corrected chi connectivity index (χ1v) is 7.27. The number of methoxy groups -OCH3 is 1. The number of carbonyl (C=O) groups excluding carboxylic acids is 1. The summed E-state index contributed by atoms with van der Waals surface area (Å²) in [6.45, 7) is 2.31. The number of aryl methyl sites for hydroxylation is 2. The Morgan fingerprint density at radius 1 is 1.39 bits per heavy atom. The van der Waals surface area contributed by atoms with Gasteiger partial charge in [0.1, 0.15) is 12.5 Å². The highest BCUT2D eigenvalue weighted by Crippen LogP contribution is 2.36. The topological polar surface area (TPSA) is 74.6 Å². The average Bonchev–Trinajstić information content (AvgIpc) is 2.81. The predicted octanol–water partition coefficient (Wildman–Crippen LogP) is 1.92. The molecule has 23 heavy (non-hydrogen) atoms. The molecular formula is C16H19N3O4. The van der Waals surface area contributed by atoms with E-state index in [2.05, 4.69) is 10.4 Å². The number of para-hydroxylation sites is 2. The normalized spacial score (nSPS) is 16.7. The standard InChI is InChI=1S/C16H19N3O4/c1-10-14(12(19(2)18-10)8-22-9-21-3)15-16(20)17-11-6-4-5-7-13(11)23-15/h4-7,15H,8-9H2,1-3H3,(H,17,20). The molecule has 1 aliphatic heterocycles. The number of nitrogens with one attached hydrogen (secondary N) is 1. The highest BCUT2D eigenvalue weighted by Gasteiger charge is 2.34. The van der Waals surface area contributed by atoms with Gasteiger partial charge in [0.05, 0.1) is 23.7 Å². The molecule has 0 saturated heterocycles. The van der Waals surface area contributed by atoms with Crippen molar-refractivity contribution in [2.24, 2.45) is 7.05 Å². The molecule has 0 radical (unpaired) electrons. The molecule has 1 aromatic heterocycles. The summed E-state index contributed by atoms with van der Waals surface area (Å²) < 4.78 is 18.0. The van der Waals surface area contributed by atoms with Crippen molar-refractivity contribution in [2.45, 2.75) is 19.6 Å². The minimum absolute atomic E-state index is 0.171. The monoisotopic (exact) mass is 317 g/mol. The second-order valence-corrected chi connectivity index (χ2v) is 5.31. The SMILES string of the molecule is COCOCc1c(C2Oc3ccccc3NC2=O)c(C)nn1C. The Balaban J connectivity index is 1.94. The molecule has 1 amide bonds. The van der Waals surface area contributed by atoms with Gasteiger partial charge in [-0.15, -0.1) is 0 Å². The van der Waals surface area contributed by atoms with E-state index in [1.165, 1.54) is 0 Å². The third-order valence-corrected chi connectivity index (χ3v) is 3.72. The molecule has 7 heteroatoms. The minimum Gasteiger partial charge on any atom is -0.473 e. The first-order valence-electron chi connectivity index (χ1n) is 7.27. The van der Waals surface area contributed by atoms with Crippen LogP contribution in [0.1, 0.15) is 23.1 Å². The van der Waals surface area contributed by atoms with Crippen molar-refractivity contribution in [3.63, 3.8) is 0 Å². The van der Waals surface area contributed by atoms with E-state index < -0.39 is 6.10 Å². The van der Waals surface area contributed by atoms with Crippen LogP contribution in [0, 0.1) is 6.92 Å². The third kappa shape index (κ3) is 2.93. The Bertz CT molecular complexity index is 726. The molecule has 1 aromatic carbocycles. The van der Waals surface area contributed by atoms with Crippen LogP contribution < -0.4 is 10.1 Å². The van der Waals surface area contributed by atoms with Crippen molar-refractivity contribution in [2.75, 3.05) is 19.2 Å². The second kappa shape index (κ2) is 6.39. The zero-order valence-electron chi connectivity index (χ0n) is 13.3. The van der Waals surface area contributed by atoms with Crippen LogP contribution in [0.3, 0.4) is 0 Å². The number of anilines is 1. The van der Waals surface area contributed by atoms with E-state index in [1.54, 1.807) is 11.8 Å². The largest absolute Gasteiger partial charge is 0.473 e. The Kier molecular flexibility index (Phi) is 4.31. The van der Waals surface area contributed by atoms with E-state index in [0.29, 0.717) is 11.4 Å². The summed E-state index contributed by atoms with van der Waals surface area (Å²) in [7, 11) is 3.38. The van der Waals surface area contributed by atoms with E-state index in [0.717, 1.165) is 17.0 Å². The lowest BCUT2D eigenvalue weighted by Gasteiger charge is -2.26. The van der Waals surface area contributed by atoms with E-state index in [9.17, 15) is 4.79 Å². The van der Waals surface area contributed by atoms with Gasteiger partial charge >= 0.3 is 0 Å². The molecule has 1 atom stereocenters. The molecule has 1 N–H and O–H groups in total. The predicted molar refractivity (Wildman–Crippen MR) is 83.1 cm³/mol. The number of hydrogen-bond acceptors (Lipinski definition) is 5. The van der Waals surface area contributed by atoms with E-state index in [-0.39, 0.29) is 19.3 Å². The molecule has 0 saturated carbocycles. The van der Waals surface area contributed by atoms with Crippen LogP contribution in [0.4, 0.5) is 5.69 Å². The fraction of sp³-hybridized carbons (Fsp3) is 0.375. The van der Waals surface area contributed by atoms with Crippen LogP contribution in [-0.4, -0.2) is 29.6 Å². The molecule has 7 nitrogen and oxygen atoms in total. The van der Waals surface area contributed by atoms with Crippen LogP contribution in [0.15, 0.2) is 24.3 Å². The van der Waals surface area contributed by atoms with E-state index in [4.69, 9.17) is 14.2 Å². The molecular weight excluding hydrogens is 298 g/mol. The first-order chi connectivity index (χ1) is 11.1. The van der Waals surface area contributed by atoms with Crippen molar-refractivity contribution in [1.82, 2.24) is 9.78 Å². The highest BCUT2D eigenvalue weighted by atomic mass is 16.7. The fourth-order valence-corrected chi connectivity index (χ4v) is 2.70. The molecule has 3 rings (SSSR count). The van der Waals surface area contributed by atoms with Gasteiger partial charge in [-0.1, -0.05) is 12.1 Å².